The van der Waals surface area contributed by atoms with Crippen molar-refractivity contribution in [3.8, 4) is 11.8 Å². The number of hydrogen-bond donors (Lipinski definition) is 1. The second-order valence-electron chi connectivity index (χ2n) is 2.91. The zero-order chi connectivity index (χ0) is 12.8. The van der Waals surface area contributed by atoms with Crippen LogP contribution in [-0.4, -0.2) is 29.1 Å². The summed E-state index contributed by atoms with van der Waals surface area (Å²) in [5.74, 6) is 2.02. The maximum atomic E-state index is 13.0. The van der Waals surface area contributed by atoms with Crippen LogP contribution in [0.5, 0.6) is 0 Å². The summed E-state index contributed by atoms with van der Waals surface area (Å²) >= 11 is 0. The van der Waals surface area contributed by atoms with Crippen molar-refractivity contribution in [3.63, 3.8) is 0 Å². The van der Waals surface area contributed by atoms with E-state index in [1.54, 1.807) is 0 Å². The molecule has 6 heteroatoms. The molecule has 0 spiro atoms. The molecule has 0 aromatic carbocycles. The lowest BCUT2D eigenvalue weighted by Gasteiger charge is -1.96. The second kappa shape index (κ2) is 5.61. The highest BCUT2D eigenvalue weighted by Gasteiger charge is 2.10. The van der Waals surface area contributed by atoms with E-state index in [2.05, 4.69) is 21.6 Å². The van der Waals surface area contributed by atoms with Crippen LogP contribution in [-0.2, 0) is 9.53 Å². The largest absolute Gasteiger partial charge is 0.478 e. The lowest BCUT2D eigenvalue weighted by atomic mass is 10.2. The molecule has 1 aromatic rings. The number of aromatic nitrogens is 1. The zero-order valence-corrected chi connectivity index (χ0v) is 8.86. The SMILES string of the molecule is COC(=O)CC#Cc1cc(C(=O)O)c(F)cn1. The van der Waals surface area contributed by atoms with Crippen molar-refractivity contribution in [2.45, 2.75) is 6.42 Å². The summed E-state index contributed by atoms with van der Waals surface area (Å²) in [6.07, 6.45) is 0.629. The molecular weight excluding hydrogens is 229 g/mol. The van der Waals surface area contributed by atoms with Crippen molar-refractivity contribution >= 4 is 11.9 Å². The normalized spacial score (nSPS) is 9.06. The van der Waals surface area contributed by atoms with E-state index in [1.807, 2.05) is 0 Å². The molecule has 1 heterocycles. The summed E-state index contributed by atoms with van der Waals surface area (Å²) < 4.78 is 17.3. The van der Waals surface area contributed by atoms with Gasteiger partial charge in [0.25, 0.3) is 0 Å². The van der Waals surface area contributed by atoms with E-state index in [0.29, 0.717) is 0 Å². The highest BCUT2D eigenvalue weighted by Crippen LogP contribution is 2.07. The summed E-state index contributed by atoms with van der Waals surface area (Å²) in [6.45, 7) is 0. The molecule has 0 aliphatic rings. The molecule has 17 heavy (non-hydrogen) atoms. The van der Waals surface area contributed by atoms with Crippen LogP contribution in [0.25, 0.3) is 0 Å². The molecule has 0 unspecified atom stereocenters. The molecule has 0 aliphatic carbocycles. The van der Waals surface area contributed by atoms with Gasteiger partial charge in [0.2, 0.25) is 0 Å². The average molecular weight is 237 g/mol. The number of rotatable bonds is 2. The average Bonchev–Trinajstić information content (AvgIpc) is 2.30. The van der Waals surface area contributed by atoms with Crippen LogP contribution >= 0.6 is 0 Å². The smallest absolute Gasteiger partial charge is 0.338 e. The molecule has 5 nitrogen and oxygen atoms in total. The Kier molecular flexibility index (Phi) is 4.17. The van der Waals surface area contributed by atoms with E-state index in [4.69, 9.17) is 5.11 Å². The van der Waals surface area contributed by atoms with Crippen LogP contribution in [0, 0.1) is 17.7 Å². The van der Waals surface area contributed by atoms with E-state index in [0.717, 1.165) is 12.3 Å². The number of carboxylic acid groups (broad SMARTS) is 1. The Morgan fingerprint density at radius 2 is 2.29 bits per heavy atom. The number of hydrogen-bond acceptors (Lipinski definition) is 4. The van der Waals surface area contributed by atoms with E-state index < -0.39 is 23.3 Å². The van der Waals surface area contributed by atoms with Crippen LogP contribution in [0.2, 0.25) is 0 Å². The number of aromatic carboxylic acids is 1. The number of carboxylic acids is 1. The van der Waals surface area contributed by atoms with Gasteiger partial charge in [-0.05, 0) is 12.0 Å². The maximum Gasteiger partial charge on any atom is 0.338 e. The fourth-order valence-electron chi connectivity index (χ4n) is 0.950. The first-order valence-electron chi connectivity index (χ1n) is 4.49. The van der Waals surface area contributed by atoms with E-state index in [9.17, 15) is 14.0 Å². The minimum Gasteiger partial charge on any atom is -0.478 e. The number of ether oxygens (including phenoxy) is 1. The number of methoxy groups -OCH3 is 1. The second-order valence-corrected chi connectivity index (χ2v) is 2.91. The highest BCUT2D eigenvalue weighted by atomic mass is 19.1. The van der Waals surface area contributed by atoms with Gasteiger partial charge in [-0.2, -0.15) is 0 Å². The quantitative estimate of drug-likeness (QED) is 0.609. The number of esters is 1. The fourth-order valence-corrected chi connectivity index (χ4v) is 0.950. The molecule has 0 amide bonds. The molecule has 0 aliphatic heterocycles. The van der Waals surface area contributed by atoms with Crippen LogP contribution in [0.4, 0.5) is 4.39 Å². The predicted octanol–water partition coefficient (Wildman–Crippen LogP) is 0.833. The Bertz CT molecular complexity index is 516. The molecule has 0 saturated carbocycles. The van der Waals surface area contributed by atoms with Gasteiger partial charge in [0.1, 0.15) is 12.1 Å². The van der Waals surface area contributed by atoms with Gasteiger partial charge < -0.3 is 9.84 Å². The molecule has 88 valence electrons. The zero-order valence-electron chi connectivity index (χ0n) is 8.86. The number of pyridine rings is 1. The summed E-state index contributed by atoms with van der Waals surface area (Å²) in [7, 11) is 1.22. The first-order chi connectivity index (χ1) is 8.04. The number of nitrogens with zero attached hydrogens (tertiary/aromatic N) is 1. The van der Waals surface area contributed by atoms with Crippen molar-refractivity contribution in [2.24, 2.45) is 0 Å². The maximum absolute atomic E-state index is 13.0. The minimum atomic E-state index is -1.40. The fraction of sp³-hybridized carbons (Fsp3) is 0.182. The van der Waals surface area contributed by atoms with Crippen molar-refractivity contribution in [1.29, 1.82) is 0 Å². The molecule has 0 saturated heterocycles. The Morgan fingerprint density at radius 1 is 1.59 bits per heavy atom. The van der Waals surface area contributed by atoms with Crippen molar-refractivity contribution < 1.29 is 23.8 Å². The molecule has 0 atom stereocenters. The molecule has 1 N–H and O–H groups in total. The van der Waals surface area contributed by atoms with E-state index >= 15 is 0 Å². The number of halogens is 1. The highest BCUT2D eigenvalue weighted by molar-refractivity contribution is 5.88. The lowest BCUT2D eigenvalue weighted by molar-refractivity contribution is -0.139. The molecule has 0 radical (unpaired) electrons. The van der Waals surface area contributed by atoms with Crippen LogP contribution in [0.3, 0.4) is 0 Å². The third kappa shape index (κ3) is 3.57. The standard InChI is InChI=1S/C11H8FNO4/c1-17-10(14)4-2-3-7-5-8(11(15)16)9(12)6-13-7/h5-6H,4H2,1H3,(H,15,16). The van der Waals surface area contributed by atoms with Crippen molar-refractivity contribution in [3.05, 3.63) is 29.3 Å². The van der Waals surface area contributed by atoms with Gasteiger partial charge in [0.15, 0.2) is 5.82 Å². The third-order valence-corrected chi connectivity index (χ3v) is 1.76. The molecular formula is C11H8FNO4. The van der Waals surface area contributed by atoms with Gasteiger partial charge in [-0.15, -0.1) is 0 Å². The first kappa shape index (κ1) is 12.6. The Hall–Kier alpha value is -2.42. The molecule has 1 aromatic heterocycles. The lowest BCUT2D eigenvalue weighted by Crippen LogP contribution is -2.02. The van der Waals surface area contributed by atoms with E-state index in [-0.39, 0.29) is 12.1 Å². The van der Waals surface area contributed by atoms with Crippen LogP contribution in [0.15, 0.2) is 12.3 Å². The van der Waals surface area contributed by atoms with Gasteiger partial charge in [-0.1, -0.05) is 5.92 Å². The van der Waals surface area contributed by atoms with Gasteiger partial charge in [0.05, 0.1) is 18.9 Å². The van der Waals surface area contributed by atoms with Crippen LogP contribution < -0.4 is 0 Å². The number of carbonyl (C=O) groups is 2. The van der Waals surface area contributed by atoms with Gasteiger partial charge in [0, 0.05) is 0 Å². The monoisotopic (exact) mass is 237 g/mol. The molecule has 0 bridgehead atoms. The topological polar surface area (TPSA) is 76.5 Å². The van der Waals surface area contributed by atoms with Crippen LogP contribution in [0.1, 0.15) is 22.5 Å². The van der Waals surface area contributed by atoms with E-state index in [1.165, 1.54) is 7.11 Å². The van der Waals surface area contributed by atoms with Gasteiger partial charge >= 0.3 is 11.9 Å². The van der Waals surface area contributed by atoms with Gasteiger partial charge in [-0.3, -0.25) is 4.79 Å². The summed E-state index contributed by atoms with van der Waals surface area (Å²) in [6, 6.07) is 1.00. The molecule has 0 fully saturated rings. The summed E-state index contributed by atoms with van der Waals surface area (Å²) in [5.41, 5.74) is -0.435. The Balaban J connectivity index is 2.89. The van der Waals surface area contributed by atoms with Gasteiger partial charge in [-0.25, -0.2) is 14.2 Å². The third-order valence-electron chi connectivity index (χ3n) is 1.76. The predicted molar refractivity (Wildman–Crippen MR) is 54.7 cm³/mol. The Morgan fingerprint density at radius 3 is 2.88 bits per heavy atom. The minimum absolute atomic E-state index is 0.0766. The number of carbonyl (C=O) groups excluding carboxylic acids is 1. The molecule has 1 rings (SSSR count). The Labute approximate surface area is 96.2 Å². The van der Waals surface area contributed by atoms with Crippen molar-refractivity contribution in [2.75, 3.05) is 7.11 Å². The first-order valence-corrected chi connectivity index (χ1v) is 4.49. The van der Waals surface area contributed by atoms with Crippen molar-refractivity contribution in [1.82, 2.24) is 4.98 Å². The summed E-state index contributed by atoms with van der Waals surface area (Å²) in [4.78, 5) is 24.9. The summed E-state index contributed by atoms with van der Waals surface area (Å²) in [5, 5.41) is 8.65.